The highest BCUT2D eigenvalue weighted by Gasteiger charge is 2.16. The van der Waals surface area contributed by atoms with E-state index in [9.17, 15) is 4.79 Å². The van der Waals surface area contributed by atoms with Crippen LogP contribution in [0, 0.1) is 11.3 Å². The number of rotatable bonds is 7. The molecule has 158 valence electrons. The quantitative estimate of drug-likeness (QED) is 0.381. The van der Waals surface area contributed by atoms with E-state index in [0.717, 1.165) is 11.1 Å². The van der Waals surface area contributed by atoms with Gasteiger partial charge in [-0.05, 0) is 54.1 Å². The van der Waals surface area contributed by atoms with Gasteiger partial charge in [0.15, 0.2) is 11.0 Å². The van der Waals surface area contributed by atoms with Gasteiger partial charge in [-0.25, -0.2) is 0 Å². The van der Waals surface area contributed by atoms with Crippen molar-refractivity contribution in [2.45, 2.75) is 11.7 Å². The van der Waals surface area contributed by atoms with Crippen LogP contribution >= 0.6 is 23.4 Å². The van der Waals surface area contributed by atoms with Gasteiger partial charge in [0.25, 0.3) is 0 Å². The maximum Gasteiger partial charge on any atom is 0.234 e. The number of benzene rings is 3. The molecule has 0 aliphatic carbocycles. The second-order valence-corrected chi connectivity index (χ2v) is 8.29. The van der Waals surface area contributed by atoms with Gasteiger partial charge in [0, 0.05) is 16.3 Å². The van der Waals surface area contributed by atoms with Crippen molar-refractivity contribution in [1.82, 2.24) is 14.8 Å². The van der Waals surface area contributed by atoms with Gasteiger partial charge in [-0.3, -0.25) is 9.36 Å². The lowest BCUT2D eigenvalue weighted by molar-refractivity contribution is -0.113. The van der Waals surface area contributed by atoms with E-state index in [4.69, 9.17) is 16.9 Å². The van der Waals surface area contributed by atoms with Crippen molar-refractivity contribution >= 4 is 35.0 Å². The van der Waals surface area contributed by atoms with Crippen LogP contribution in [0.5, 0.6) is 0 Å². The zero-order chi connectivity index (χ0) is 22.3. The van der Waals surface area contributed by atoms with E-state index in [1.165, 1.54) is 11.8 Å². The highest BCUT2D eigenvalue weighted by Crippen LogP contribution is 2.26. The van der Waals surface area contributed by atoms with Crippen molar-refractivity contribution < 1.29 is 4.79 Å². The first-order chi connectivity index (χ1) is 15.6. The van der Waals surface area contributed by atoms with Crippen LogP contribution in [0.1, 0.15) is 11.1 Å². The highest BCUT2D eigenvalue weighted by atomic mass is 35.5. The number of halogens is 1. The third kappa shape index (κ3) is 5.35. The number of hydrogen-bond acceptors (Lipinski definition) is 5. The monoisotopic (exact) mass is 459 g/mol. The van der Waals surface area contributed by atoms with Crippen molar-refractivity contribution in [2.75, 3.05) is 11.1 Å². The Labute approximate surface area is 194 Å². The average molecular weight is 460 g/mol. The molecule has 1 heterocycles. The first-order valence-electron chi connectivity index (χ1n) is 9.78. The Morgan fingerprint density at radius 2 is 1.72 bits per heavy atom. The van der Waals surface area contributed by atoms with Crippen LogP contribution in [-0.2, 0) is 11.3 Å². The summed E-state index contributed by atoms with van der Waals surface area (Å²) in [6, 6.07) is 26.3. The molecule has 0 radical (unpaired) electrons. The SMILES string of the molecule is N#Cc1ccc(NC(=O)CSc2nnc(-c3ccc(Cl)cc3)n2Cc2ccccc2)cc1. The maximum absolute atomic E-state index is 12.5. The second kappa shape index (κ2) is 10.1. The molecule has 6 nitrogen and oxygen atoms in total. The number of thioether (sulfide) groups is 1. The molecular formula is C24H18ClN5OS. The number of aromatic nitrogens is 3. The van der Waals surface area contributed by atoms with Crippen LogP contribution in [0.15, 0.2) is 84.0 Å². The molecule has 0 aliphatic rings. The first kappa shape index (κ1) is 21.6. The summed E-state index contributed by atoms with van der Waals surface area (Å²) in [5, 5.41) is 21.7. The van der Waals surface area contributed by atoms with Crippen molar-refractivity contribution in [3.63, 3.8) is 0 Å². The average Bonchev–Trinajstić information content (AvgIpc) is 3.21. The molecule has 1 amide bonds. The van der Waals surface area contributed by atoms with Crippen molar-refractivity contribution in [3.8, 4) is 17.5 Å². The van der Waals surface area contributed by atoms with Crippen LogP contribution in [0.25, 0.3) is 11.4 Å². The summed E-state index contributed by atoms with van der Waals surface area (Å²) >= 11 is 7.35. The lowest BCUT2D eigenvalue weighted by Crippen LogP contribution is -2.14. The molecule has 0 bridgehead atoms. The Hall–Kier alpha value is -3.60. The van der Waals surface area contributed by atoms with Crippen LogP contribution in [0.2, 0.25) is 5.02 Å². The molecule has 0 unspecified atom stereocenters. The normalized spacial score (nSPS) is 10.5. The minimum atomic E-state index is -0.165. The van der Waals surface area contributed by atoms with Crippen molar-refractivity contribution in [3.05, 3.63) is 95.0 Å². The molecular weight excluding hydrogens is 442 g/mol. The molecule has 0 saturated carbocycles. The molecule has 0 fully saturated rings. The number of nitrogens with one attached hydrogen (secondary N) is 1. The summed E-state index contributed by atoms with van der Waals surface area (Å²) < 4.78 is 2.00. The lowest BCUT2D eigenvalue weighted by atomic mass is 10.2. The zero-order valence-corrected chi connectivity index (χ0v) is 18.5. The van der Waals surface area contributed by atoms with Gasteiger partial charge in [-0.2, -0.15) is 5.26 Å². The first-order valence-corrected chi connectivity index (χ1v) is 11.1. The van der Waals surface area contributed by atoms with Gasteiger partial charge in [-0.15, -0.1) is 10.2 Å². The predicted molar refractivity (Wildman–Crippen MR) is 127 cm³/mol. The fourth-order valence-corrected chi connectivity index (χ4v) is 3.94. The number of carbonyl (C=O) groups is 1. The fraction of sp³-hybridized carbons (Fsp3) is 0.0833. The van der Waals surface area contributed by atoms with E-state index in [1.807, 2.05) is 59.2 Å². The minimum absolute atomic E-state index is 0.165. The summed E-state index contributed by atoms with van der Waals surface area (Å²) in [6.07, 6.45) is 0. The Bertz CT molecular complexity index is 1250. The Kier molecular flexibility index (Phi) is 6.85. The molecule has 0 aliphatic heterocycles. The Morgan fingerprint density at radius 3 is 2.41 bits per heavy atom. The smallest absolute Gasteiger partial charge is 0.234 e. The van der Waals surface area contributed by atoms with Crippen molar-refractivity contribution in [2.24, 2.45) is 0 Å². The summed E-state index contributed by atoms with van der Waals surface area (Å²) in [6.45, 7) is 0.575. The zero-order valence-electron chi connectivity index (χ0n) is 16.9. The molecule has 1 N–H and O–H groups in total. The molecule has 8 heteroatoms. The van der Waals surface area contributed by atoms with Gasteiger partial charge in [-0.1, -0.05) is 53.7 Å². The van der Waals surface area contributed by atoms with E-state index in [-0.39, 0.29) is 11.7 Å². The van der Waals surface area contributed by atoms with Gasteiger partial charge in [0.2, 0.25) is 5.91 Å². The van der Waals surface area contributed by atoms with Crippen LogP contribution in [0.4, 0.5) is 5.69 Å². The lowest BCUT2D eigenvalue weighted by Gasteiger charge is -2.11. The van der Waals surface area contributed by atoms with E-state index in [1.54, 1.807) is 24.3 Å². The molecule has 4 rings (SSSR count). The summed E-state index contributed by atoms with van der Waals surface area (Å²) in [5.74, 6) is 0.718. The number of nitrogens with zero attached hydrogens (tertiary/aromatic N) is 4. The molecule has 4 aromatic rings. The fourth-order valence-electron chi connectivity index (χ4n) is 3.07. The van der Waals surface area contributed by atoms with Gasteiger partial charge >= 0.3 is 0 Å². The highest BCUT2D eigenvalue weighted by molar-refractivity contribution is 7.99. The number of hydrogen-bond donors (Lipinski definition) is 1. The third-order valence-corrected chi connectivity index (χ3v) is 5.85. The Balaban J connectivity index is 1.52. The third-order valence-electron chi connectivity index (χ3n) is 4.63. The number of amides is 1. The maximum atomic E-state index is 12.5. The summed E-state index contributed by atoms with van der Waals surface area (Å²) in [7, 11) is 0. The van der Waals surface area contributed by atoms with Crippen LogP contribution in [-0.4, -0.2) is 26.4 Å². The molecule has 0 spiro atoms. The Morgan fingerprint density at radius 1 is 1.00 bits per heavy atom. The van der Waals surface area contributed by atoms with E-state index in [2.05, 4.69) is 21.6 Å². The van der Waals surface area contributed by atoms with Gasteiger partial charge < -0.3 is 5.32 Å². The van der Waals surface area contributed by atoms with E-state index >= 15 is 0 Å². The van der Waals surface area contributed by atoms with Crippen LogP contribution < -0.4 is 5.32 Å². The minimum Gasteiger partial charge on any atom is -0.325 e. The van der Waals surface area contributed by atoms with Crippen molar-refractivity contribution in [1.29, 1.82) is 5.26 Å². The number of nitriles is 1. The molecule has 3 aromatic carbocycles. The van der Waals surface area contributed by atoms with E-state index < -0.39 is 0 Å². The molecule has 1 aromatic heterocycles. The topological polar surface area (TPSA) is 83.6 Å². The number of carbonyl (C=O) groups excluding carboxylic acids is 1. The standard InChI is InChI=1S/C24H18ClN5OS/c25-20-10-8-19(9-11-20)23-28-29-24(30(23)15-18-4-2-1-3-5-18)32-16-22(31)27-21-12-6-17(14-26)7-13-21/h1-13H,15-16H2,(H,27,31). The molecule has 0 saturated heterocycles. The van der Waals surface area contributed by atoms with E-state index in [0.29, 0.717) is 33.8 Å². The second-order valence-electron chi connectivity index (χ2n) is 6.91. The summed E-state index contributed by atoms with van der Waals surface area (Å²) in [5.41, 5.74) is 3.18. The number of anilines is 1. The van der Waals surface area contributed by atoms with Gasteiger partial charge in [0.1, 0.15) is 0 Å². The predicted octanol–water partition coefficient (Wildman–Crippen LogP) is 5.25. The molecule has 32 heavy (non-hydrogen) atoms. The molecule has 0 atom stereocenters. The van der Waals surface area contributed by atoms with Crippen LogP contribution in [0.3, 0.4) is 0 Å². The van der Waals surface area contributed by atoms with Gasteiger partial charge in [0.05, 0.1) is 23.9 Å². The largest absolute Gasteiger partial charge is 0.325 e. The summed E-state index contributed by atoms with van der Waals surface area (Å²) in [4.78, 5) is 12.5.